The summed E-state index contributed by atoms with van der Waals surface area (Å²) in [5.74, 6) is -0.293. The maximum absolute atomic E-state index is 13.7. The van der Waals surface area contributed by atoms with Crippen molar-refractivity contribution in [3.63, 3.8) is 0 Å². The molecule has 0 aliphatic heterocycles. The van der Waals surface area contributed by atoms with Crippen molar-refractivity contribution >= 4 is 11.6 Å². The Labute approximate surface area is 165 Å². The Hall–Kier alpha value is -3.14. The van der Waals surface area contributed by atoms with Crippen molar-refractivity contribution in [3.05, 3.63) is 95.8 Å². The first kappa shape index (κ1) is 19.6. The molecule has 1 N–H and O–H groups in total. The molecule has 0 saturated carbocycles. The van der Waals surface area contributed by atoms with Crippen molar-refractivity contribution in [3.8, 4) is 5.75 Å². The lowest BCUT2D eigenvalue weighted by Crippen LogP contribution is -2.30. The maximum atomic E-state index is 13.7. The summed E-state index contributed by atoms with van der Waals surface area (Å²) in [6, 6.07) is 24.1. The van der Waals surface area contributed by atoms with Crippen LogP contribution in [0.3, 0.4) is 0 Å². The van der Waals surface area contributed by atoms with Gasteiger partial charge in [-0.1, -0.05) is 68.4 Å². The summed E-state index contributed by atoms with van der Waals surface area (Å²) < 4.78 is 19.4. The minimum absolute atomic E-state index is 0.142. The highest BCUT2D eigenvalue weighted by Crippen LogP contribution is 2.32. The molecule has 1 atom stereocenters. The molecule has 28 heavy (non-hydrogen) atoms. The number of benzene rings is 3. The van der Waals surface area contributed by atoms with Gasteiger partial charge in [-0.3, -0.25) is 4.79 Å². The highest BCUT2D eigenvalue weighted by Gasteiger charge is 2.23. The maximum Gasteiger partial charge on any atom is 0.265 e. The third-order valence-corrected chi connectivity index (χ3v) is 4.89. The molecule has 0 aliphatic carbocycles. The largest absolute Gasteiger partial charge is 0.481 e. The van der Waals surface area contributed by atoms with Crippen LogP contribution in [0.25, 0.3) is 0 Å². The normalized spacial score (nSPS) is 12.3. The Morgan fingerprint density at radius 3 is 2.11 bits per heavy atom. The number of halogens is 1. The molecule has 4 heteroatoms. The van der Waals surface area contributed by atoms with E-state index in [1.165, 1.54) is 17.7 Å². The second-order valence-corrected chi connectivity index (χ2v) is 7.24. The van der Waals surface area contributed by atoms with Gasteiger partial charge in [-0.25, -0.2) is 4.39 Å². The summed E-state index contributed by atoms with van der Waals surface area (Å²) in [6.45, 7) is 5.98. The summed E-state index contributed by atoms with van der Waals surface area (Å²) in [5.41, 5.74) is 2.37. The van der Waals surface area contributed by atoms with Crippen LogP contribution in [0.15, 0.2) is 78.9 Å². The molecule has 1 amide bonds. The van der Waals surface area contributed by atoms with E-state index in [4.69, 9.17) is 4.74 Å². The summed E-state index contributed by atoms with van der Waals surface area (Å²) >= 11 is 0. The number of amides is 1. The minimum atomic E-state index is -0.757. The Morgan fingerprint density at radius 2 is 1.46 bits per heavy atom. The fourth-order valence-electron chi connectivity index (χ4n) is 3.03. The molecule has 144 valence electrons. The van der Waals surface area contributed by atoms with E-state index in [0.717, 1.165) is 5.56 Å². The number of carbonyl (C=O) groups is 1. The number of nitrogens with one attached hydrogen (secondary N) is 1. The lowest BCUT2D eigenvalue weighted by Gasteiger charge is -2.26. The predicted octanol–water partition coefficient (Wildman–Crippen LogP) is 5.56. The summed E-state index contributed by atoms with van der Waals surface area (Å²) in [4.78, 5) is 12.3. The lowest BCUT2D eigenvalue weighted by molar-refractivity contribution is -0.122. The zero-order chi connectivity index (χ0) is 20.1. The zero-order valence-corrected chi connectivity index (χ0v) is 16.3. The molecule has 3 nitrogen and oxygen atoms in total. The van der Waals surface area contributed by atoms with E-state index in [0.29, 0.717) is 5.75 Å². The highest BCUT2D eigenvalue weighted by atomic mass is 19.1. The fourth-order valence-corrected chi connectivity index (χ4v) is 3.03. The first-order valence-corrected chi connectivity index (χ1v) is 9.26. The Bertz CT molecular complexity index is 936. The van der Waals surface area contributed by atoms with Crippen molar-refractivity contribution < 1.29 is 13.9 Å². The molecule has 0 aliphatic rings. The van der Waals surface area contributed by atoms with Gasteiger partial charge in [-0.2, -0.15) is 0 Å². The van der Waals surface area contributed by atoms with Gasteiger partial charge in [0.1, 0.15) is 11.6 Å². The van der Waals surface area contributed by atoms with Crippen LogP contribution in [-0.2, 0) is 10.2 Å². The standard InChI is InChI=1S/C24H24FNO2/c1-17(23(27)26-22-12-8-7-11-21(22)25)28-20-15-13-19(14-16-20)24(2,3)18-9-5-4-6-10-18/h4-17H,1-3H3,(H,26,27). The van der Waals surface area contributed by atoms with Crippen LogP contribution >= 0.6 is 0 Å². The average molecular weight is 377 g/mol. The van der Waals surface area contributed by atoms with E-state index in [9.17, 15) is 9.18 Å². The van der Waals surface area contributed by atoms with Gasteiger partial charge < -0.3 is 10.1 Å². The monoisotopic (exact) mass is 377 g/mol. The van der Waals surface area contributed by atoms with Crippen molar-refractivity contribution in [1.29, 1.82) is 0 Å². The van der Waals surface area contributed by atoms with Crippen LogP contribution in [0.4, 0.5) is 10.1 Å². The fraction of sp³-hybridized carbons (Fsp3) is 0.208. The van der Waals surface area contributed by atoms with E-state index in [2.05, 4.69) is 31.3 Å². The van der Waals surface area contributed by atoms with E-state index in [-0.39, 0.29) is 11.1 Å². The van der Waals surface area contributed by atoms with Crippen LogP contribution in [0, 0.1) is 5.82 Å². The smallest absolute Gasteiger partial charge is 0.265 e. The van der Waals surface area contributed by atoms with E-state index in [1.807, 2.05) is 42.5 Å². The lowest BCUT2D eigenvalue weighted by atomic mass is 9.78. The van der Waals surface area contributed by atoms with Gasteiger partial charge in [-0.05, 0) is 42.3 Å². The van der Waals surface area contributed by atoms with Gasteiger partial charge in [0.2, 0.25) is 0 Å². The first-order chi connectivity index (χ1) is 13.4. The van der Waals surface area contributed by atoms with Crippen LogP contribution in [0.5, 0.6) is 5.75 Å². The molecule has 0 spiro atoms. The third kappa shape index (κ3) is 4.39. The van der Waals surface area contributed by atoms with Crippen LogP contribution in [0.2, 0.25) is 0 Å². The quantitative estimate of drug-likeness (QED) is 0.611. The second-order valence-electron chi connectivity index (χ2n) is 7.24. The molecule has 0 saturated heterocycles. The van der Waals surface area contributed by atoms with Gasteiger partial charge in [0.15, 0.2) is 6.10 Å². The Kier molecular flexibility index (Phi) is 5.78. The van der Waals surface area contributed by atoms with Crippen LogP contribution < -0.4 is 10.1 Å². The molecular formula is C24H24FNO2. The molecule has 0 heterocycles. The summed E-state index contributed by atoms with van der Waals surface area (Å²) in [7, 11) is 0. The topological polar surface area (TPSA) is 38.3 Å². The van der Waals surface area contributed by atoms with E-state index >= 15 is 0 Å². The zero-order valence-electron chi connectivity index (χ0n) is 16.3. The molecule has 0 aromatic heterocycles. The average Bonchev–Trinajstić information content (AvgIpc) is 2.70. The molecule has 0 bridgehead atoms. The third-order valence-electron chi connectivity index (χ3n) is 4.89. The molecule has 3 aromatic rings. The minimum Gasteiger partial charge on any atom is -0.481 e. The van der Waals surface area contributed by atoms with Crippen LogP contribution in [-0.4, -0.2) is 12.0 Å². The number of carbonyl (C=O) groups excluding carboxylic acids is 1. The number of rotatable bonds is 6. The molecule has 3 aromatic carbocycles. The molecular weight excluding hydrogens is 353 g/mol. The second kappa shape index (κ2) is 8.26. The van der Waals surface area contributed by atoms with Crippen molar-refractivity contribution in [2.24, 2.45) is 0 Å². The van der Waals surface area contributed by atoms with Gasteiger partial charge in [0.25, 0.3) is 5.91 Å². The van der Waals surface area contributed by atoms with Crippen LogP contribution in [0.1, 0.15) is 31.9 Å². The van der Waals surface area contributed by atoms with Crippen molar-refractivity contribution in [2.75, 3.05) is 5.32 Å². The van der Waals surface area contributed by atoms with Crippen molar-refractivity contribution in [1.82, 2.24) is 0 Å². The van der Waals surface area contributed by atoms with Crippen molar-refractivity contribution in [2.45, 2.75) is 32.3 Å². The molecule has 1 unspecified atom stereocenters. The molecule has 0 fully saturated rings. The number of anilines is 1. The molecule has 3 rings (SSSR count). The predicted molar refractivity (Wildman–Crippen MR) is 110 cm³/mol. The Balaban J connectivity index is 1.67. The van der Waals surface area contributed by atoms with Gasteiger partial charge in [0.05, 0.1) is 5.69 Å². The van der Waals surface area contributed by atoms with Gasteiger partial charge in [0, 0.05) is 5.41 Å². The van der Waals surface area contributed by atoms with E-state index in [1.54, 1.807) is 19.1 Å². The summed E-state index contributed by atoms with van der Waals surface area (Å²) in [6.07, 6.45) is -0.757. The summed E-state index contributed by atoms with van der Waals surface area (Å²) in [5, 5.41) is 2.55. The number of ether oxygens (including phenoxy) is 1. The van der Waals surface area contributed by atoms with Gasteiger partial charge >= 0.3 is 0 Å². The van der Waals surface area contributed by atoms with E-state index < -0.39 is 17.8 Å². The number of hydrogen-bond donors (Lipinski definition) is 1. The Morgan fingerprint density at radius 1 is 0.893 bits per heavy atom. The molecule has 0 radical (unpaired) electrons. The van der Waals surface area contributed by atoms with Gasteiger partial charge in [-0.15, -0.1) is 0 Å². The first-order valence-electron chi connectivity index (χ1n) is 9.26. The number of para-hydroxylation sites is 1. The number of hydrogen-bond acceptors (Lipinski definition) is 2. The highest BCUT2D eigenvalue weighted by molar-refractivity contribution is 5.94. The SMILES string of the molecule is CC(Oc1ccc(C(C)(C)c2ccccc2)cc1)C(=O)Nc1ccccc1F.